The highest BCUT2D eigenvalue weighted by molar-refractivity contribution is 7.98. The maximum atomic E-state index is 5.16. The molecule has 3 heteroatoms. The second-order valence-electron chi connectivity index (χ2n) is 4.46. The monoisotopic (exact) mass is 281 g/mol. The van der Waals surface area contributed by atoms with Crippen LogP contribution in [0.25, 0.3) is 10.9 Å². The number of hydrogen-bond acceptors (Lipinski definition) is 3. The summed E-state index contributed by atoms with van der Waals surface area (Å²) >= 11 is 1.78. The van der Waals surface area contributed by atoms with Crippen molar-refractivity contribution in [1.82, 2.24) is 4.98 Å². The summed E-state index contributed by atoms with van der Waals surface area (Å²) in [5, 5.41) is 1.19. The smallest absolute Gasteiger partial charge is 0.118 e. The third kappa shape index (κ3) is 2.94. The third-order valence-electron chi connectivity index (χ3n) is 3.10. The Labute approximate surface area is 122 Å². The van der Waals surface area contributed by atoms with Gasteiger partial charge >= 0.3 is 0 Å². The van der Waals surface area contributed by atoms with E-state index in [2.05, 4.69) is 41.4 Å². The van der Waals surface area contributed by atoms with E-state index in [0.29, 0.717) is 0 Å². The Hall–Kier alpha value is -2.00. The van der Waals surface area contributed by atoms with Gasteiger partial charge in [-0.1, -0.05) is 24.3 Å². The number of ether oxygens (including phenoxy) is 1. The minimum absolute atomic E-state index is 0.872. The highest BCUT2D eigenvalue weighted by atomic mass is 32.2. The molecule has 0 spiro atoms. The number of fused-ring (bicyclic) bond motifs is 1. The molecule has 0 aliphatic carbocycles. The lowest BCUT2D eigenvalue weighted by Crippen LogP contribution is -1.88. The first kappa shape index (κ1) is 13.0. The molecule has 0 atom stereocenters. The number of benzene rings is 2. The summed E-state index contributed by atoms with van der Waals surface area (Å²) < 4.78 is 5.16. The van der Waals surface area contributed by atoms with E-state index in [-0.39, 0.29) is 0 Å². The predicted molar refractivity (Wildman–Crippen MR) is 84.3 cm³/mol. The number of hydrogen-bond donors (Lipinski definition) is 0. The van der Waals surface area contributed by atoms with Crippen molar-refractivity contribution in [2.75, 3.05) is 7.11 Å². The summed E-state index contributed by atoms with van der Waals surface area (Å²) in [4.78, 5) is 5.90. The fraction of sp³-hybridized carbons (Fsp3) is 0.118. The van der Waals surface area contributed by atoms with Crippen LogP contribution in [0.1, 0.15) is 5.69 Å². The Morgan fingerprint density at radius 2 is 1.75 bits per heavy atom. The molecule has 0 fully saturated rings. The molecule has 0 aliphatic rings. The van der Waals surface area contributed by atoms with Crippen LogP contribution in [0.3, 0.4) is 0 Å². The summed E-state index contributed by atoms with van der Waals surface area (Å²) in [6, 6.07) is 20.5. The van der Waals surface area contributed by atoms with Crippen LogP contribution in [0.2, 0.25) is 0 Å². The Morgan fingerprint density at radius 3 is 2.55 bits per heavy atom. The van der Waals surface area contributed by atoms with Gasteiger partial charge in [-0.15, -0.1) is 11.8 Å². The quantitative estimate of drug-likeness (QED) is 0.656. The van der Waals surface area contributed by atoms with E-state index in [1.54, 1.807) is 18.9 Å². The highest BCUT2D eigenvalue weighted by Crippen LogP contribution is 2.25. The van der Waals surface area contributed by atoms with Crippen LogP contribution in [-0.2, 0) is 5.75 Å². The Balaban J connectivity index is 1.72. The van der Waals surface area contributed by atoms with Gasteiger partial charge in [0, 0.05) is 16.0 Å². The summed E-state index contributed by atoms with van der Waals surface area (Å²) in [5.41, 5.74) is 2.16. The Morgan fingerprint density at radius 1 is 0.950 bits per heavy atom. The van der Waals surface area contributed by atoms with Crippen molar-refractivity contribution in [3.63, 3.8) is 0 Å². The average Bonchev–Trinajstić information content (AvgIpc) is 2.53. The zero-order valence-corrected chi connectivity index (χ0v) is 12.1. The summed E-state index contributed by atoms with van der Waals surface area (Å²) in [5.74, 6) is 1.76. The zero-order valence-electron chi connectivity index (χ0n) is 11.2. The second-order valence-corrected chi connectivity index (χ2v) is 5.51. The van der Waals surface area contributed by atoms with Crippen LogP contribution < -0.4 is 4.74 Å². The number of para-hydroxylation sites is 1. The van der Waals surface area contributed by atoms with Crippen molar-refractivity contribution < 1.29 is 4.74 Å². The number of pyridine rings is 1. The molecule has 1 heterocycles. The van der Waals surface area contributed by atoms with E-state index >= 15 is 0 Å². The maximum Gasteiger partial charge on any atom is 0.118 e. The molecule has 0 aliphatic heterocycles. The van der Waals surface area contributed by atoms with Crippen LogP contribution >= 0.6 is 11.8 Å². The van der Waals surface area contributed by atoms with E-state index in [1.165, 1.54) is 10.3 Å². The summed E-state index contributed by atoms with van der Waals surface area (Å²) in [6.07, 6.45) is 0. The van der Waals surface area contributed by atoms with Gasteiger partial charge in [-0.25, -0.2) is 0 Å². The number of thioether (sulfide) groups is 1. The predicted octanol–water partition coefficient (Wildman–Crippen LogP) is 4.54. The molecular formula is C17H15NOS. The normalized spacial score (nSPS) is 10.7. The lowest BCUT2D eigenvalue weighted by atomic mass is 10.2. The van der Waals surface area contributed by atoms with Crippen LogP contribution in [0.15, 0.2) is 65.6 Å². The van der Waals surface area contributed by atoms with Gasteiger partial charge in [0.05, 0.1) is 18.3 Å². The molecule has 2 nitrogen and oxygen atoms in total. The van der Waals surface area contributed by atoms with Crippen molar-refractivity contribution in [2.45, 2.75) is 10.6 Å². The van der Waals surface area contributed by atoms with Crippen molar-refractivity contribution in [1.29, 1.82) is 0 Å². The van der Waals surface area contributed by atoms with E-state index in [0.717, 1.165) is 22.7 Å². The lowest BCUT2D eigenvalue weighted by Gasteiger charge is -2.04. The molecule has 20 heavy (non-hydrogen) atoms. The largest absolute Gasteiger partial charge is 0.497 e. The molecule has 0 amide bonds. The van der Waals surface area contributed by atoms with Crippen LogP contribution in [0.4, 0.5) is 0 Å². The SMILES string of the molecule is COc1ccc(SCc2ccc3ccccc3n2)cc1. The van der Waals surface area contributed by atoms with Crippen molar-refractivity contribution in [3.8, 4) is 5.75 Å². The van der Waals surface area contributed by atoms with Gasteiger partial charge in [-0.05, 0) is 36.4 Å². The first-order valence-electron chi connectivity index (χ1n) is 6.47. The molecule has 0 radical (unpaired) electrons. The lowest BCUT2D eigenvalue weighted by molar-refractivity contribution is 0.414. The van der Waals surface area contributed by atoms with E-state index < -0.39 is 0 Å². The molecule has 0 saturated heterocycles. The minimum Gasteiger partial charge on any atom is -0.497 e. The molecule has 3 rings (SSSR count). The number of rotatable bonds is 4. The maximum absolute atomic E-state index is 5.16. The van der Waals surface area contributed by atoms with Crippen molar-refractivity contribution >= 4 is 22.7 Å². The zero-order chi connectivity index (χ0) is 13.8. The van der Waals surface area contributed by atoms with E-state index in [1.807, 2.05) is 24.3 Å². The molecular weight excluding hydrogens is 266 g/mol. The first-order valence-corrected chi connectivity index (χ1v) is 7.45. The first-order chi connectivity index (χ1) is 9.85. The van der Waals surface area contributed by atoms with E-state index in [9.17, 15) is 0 Å². The van der Waals surface area contributed by atoms with Crippen LogP contribution in [0.5, 0.6) is 5.75 Å². The Bertz CT molecular complexity index is 710. The molecule has 0 saturated carbocycles. The number of methoxy groups -OCH3 is 1. The van der Waals surface area contributed by atoms with Gasteiger partial charge in [0.1, 0.15) is 5.75 Å². The molecule has 1 aromatic heterocycles. The minimum atomic E-state index is 0.872. The molecule has 100 valence electrons. The van der Waals surface area contributed by atoms with E-state index in [4.69, 9.17) is 4.74 Å². The summed E-state index contributed by atoms with van der Waals surface area (Å²) in [6.45, 7) is 0. The van der Waals surface area contributed by atoms with Gasteiger partial charge in [-0.3, -0.25) is 4.98 Å². The highest BCUT2D eigenvalue weighted by Gasteiger charge is 2.00. The topological polar surface area (TPSA) is 22.1 Å². The van der Waals surface area contributed by atoms with Crippen LogP contribution in [-0.4, -0.2) is 12.1 Å². The molecule has 2 aromatic carbocycles. The van der Waals surface area contributed by atoms with Gasteiger partial charge < -0.3 is 4.74 Å². The third-order valence-corrected chi connectivity index (χ3v) is 4.15. The van der Waals surface area contributed by atoms with Gasteiger partial charge in [0.15, 0.2) is 0 Å². The number of nitrogens with zero attached hydrogens (tertiary/aromatic N) is 1. The van der Waals surface area contributed by atoms with Crippen molar-refractivity contribution in [2.24, 2.45) is 0 Å². The van der Waals surface area contributed by atoms with Gasteiger partial charge in [0.2, 0.25) is 0 Å². The fourth-order valence-corrected chi connectivity index (χ4v) is 2.82. The van der Waals surface area contributed by atoms with Gasteiger partial charge in [-0.2, -0.15) is 0 Å². The molecule has 0 N–H and O–H groups in total. The standard InChI is InChI=1S/C17H15NOS/c1-19-15-8-10-16(11-9-15)20-12-14-7-6-13-4-2-3-5-17(13)18-14/h2-11H,12H2,1H3. The summed E-state index contributed by atoms with van der Waals surface area (Å²) in [7, 11) is 1.68. The van der Waals surface area contributed by atoms with Crippen molar-refractivity contribution in [3.05, 3.63) is 66.4 Å². The second kappa shape index (κ2) is 5.97. The molecule has 0 unspecified atom stereocenters. The molecule has 3 aromatic rings. The number of aromatic nitrogens is 1. The average molecular weight is 281 g/mol. The molecule has 0 bridgehead atoms. The van der Waals surface area contributed by atoms with Gasteiger partial charge in [0.25, 0.3) is 0 Å². The van der Waals surface area contributed by atoms with Crippen LogP contribution in [0, 0.1) is 0 Å². The fourth-order valence-electron chi connectivity index (χ4n) is 2.02. The Kier molecular flexibility index (Phi) is 3.88.